The van der Waals surface area contributed by atoms with E-state index in [2.05, 4.69) is 20.8 Å². The number of nitrogens with zero attached hydrogens (tertiary/aromatic N) is 1. The van der Waals surface area contributed by atoms with Gasteiger partial charge in [0.1, 0.15) is 0 Å². The highest BCUT2D eigenvalue weighted by Gasteiger charge is 2.16. The Morgan fingerprint density at radius 3 is 1.88 bits per heavy atom. The van der Waals surface area contributed by atoms with E-state index in [4.69, 9.17) is 15.1 Å². The summed E-state index contributed by atoms with van der Waals surface area (Å²) in [7, 11) is 0. The average molecular weight is 346 g/mol. The summed E-state index contributed by atoms with van der Waals surface area (Å²) in [6.45, 7) is 8.20. The van der Waals surface area contributed by atoms with Gasteiger partial charge < -0.3 is 10.2 Å². The zero-order valence-electron chi connectivity index (χ0n) is 16.5. The largest absolute Gasteiger partial charge is 0.396 e. The molecular weight excluding hydrogens is 302 g/mol. The molecule has 2 N–H and O–H groups in total. The second-order valence-corrected chi connectivity index (χ2v) is 7.28. The van der Waals surface area contributed by atoms with E-state index in [9.17, 15) is 0 Å². The van der Waals surface area contributed by atoms with Gasteiger partial charge in [0.15, 0.2) is 0 Å². The number of unbranched alkanes of at least 4 members (excludes halogenated alkanes) is 7. The van der Waals surface area contributed by atoms with Crippen LogP contribution in [0.2, 0.25) is 0 Å². The third-order valence-electron chi connectivity index (χ3n) is 4.59. The van der Waals surface area contributed by atoms with Crippen LogP contribution in [-0.2, 0) is 4.84 Å². The molecule has 4 heteroatoms. The number of rotatable bonds is 18. The highest BCUT2D eigenvalue weighted by Crippen LogP contribution is 2.13. The molecule has 0 aromatic heterocycles. The molecule has 0 aliphatic carbocycles. The first-order chi connectivity index (χ1) is 11.7. The molecule has 4 nitrogen and oxygen atoms in total. The van der Waals surface area contributed by atoms with Crippen LogP contribution in [0.25, 0.3) is 0 Å². The molecule has 0 fully saturated rings. The van der Waals surface area contributed by atoms with Crippen molar-refractivity contribution in [3.63, 3.8) is 0 Å². The van der Waals surface area contributed by atoms with Crippen molar-refractivity contribution in [3.8, 4) is 0 Å². The minimum atomic E-state index is 0.0960. The summed E-state index contributed by atoms with van der Waals surface area (Å²) in [5.74, 6) is 0.847. The van der Waals surface area contributed by atoms with Gasteiger partial charge in [-0.2, -0.15) is 5.06 Å². The lowest BCUT2D eigenvalue weighted by Crippen LogP contribution is -2.38. The van der Waals surface area contributed by atoms with Crippen LogP contribution in [0.1, 0.15) is 91.4 Å². The molecule has 1 atom stereocenters. The number of hydrogen-bond donors (Lipinski definition) is 2. The van der Waals surface area contributed by atoms with Gasteiger partial charge in [-0.05, 0) is 25.2 Å². The molecule has 0 heterocycles. The fraction of sp³-hybridized carbons (Fsp3) is 1.00. The maximum atomic E-state index is 9.16. The minimum Gasteiger partial charge on any atom is -0.396 e. The minimum absolute atomic E-state index is 0.0960. The van der Waals surface area contributed by atoms with Crippen LogP contribution >= 0.6 is 0 Å². The van der Waals surface area contributed by atoms with E-state index in [1.165, 1.54) is 51.4 Å². The van der Waals surface area contributed by atoms with Gasteiger partial charge in [0.05, 0.1) is 13.2 Å². The molecule has 0 rings (SSSR count). The summed E-state index contributed by atoms with van der Waals surface area (Å²) in [6, 6.07) is 0.202. The summed E-state index contributed by atoms with van der Waals surface area (Å²) in [5.41, 5.74) is 0. The van der Waals surface area contributed by atoms with Crippen LogP contribution in [-0.4, -0.2) is 47.7 Å². The van der Waals surface area contributed by atoms with Gasteiger partial charge in [0.2, 0.25) is 0 Å². The van der Waals surface area contributed by atoms with Crippen molar-refractivity contribution < 1.29 is 15.1 Å². The average Bonchev–Trinajstić information content (AvgIpc) is 2.56. The smallest absolute Gasteiger partial charge is 0.0685 e. The SMILES string of the molecule is CCC(CCO)N(CCO)OCCCCCCCCCCC(C)C. The van der Waals surface area contributed by atoms with E-state index in [1.54, 1.807) is 0 Å². The molecule has 0 saturated heterocycles. The standard InChI is InChI=1S/C20H43NO3/c1-4-20(14-16-22)21(15-17-23)24-18-12-10-8-6-5-7-9-11-13-19(2)3/h19-20,22-23H,4-18H2,1-3H3. The van der Waals surface area contributed by atoms with Crippen molar-refractivity contribution in [2.45, 2.75) is 97.4 Å². The molecule has 24 heavy (non-hydrogen) atoms. The maximum absolute atomic E-state index is 9.16. The summed E-state index contributed by atoms with van der Waals surface area (Å²) in [6.07, 6.45) is 13.4. The molecular formula is C20H43NO3. The van der Waals surface area contributed by atoms with Crippen molar-refractivity contribution in [2.24, 2.45) is 5.92 Å². The zero-order valence-corrected chi connectivity index (χ0v) is 16.5. The Bertz CT molecular complexity index is 249. The van der Waals surface area contributed by atoms with E-state index in [0.717, 1.165) is 25.4 Å². The van der Waals surface area contributed by atoms with Crippen molar-refractivity contribution in [1.29, 1.82) is 0 Å². The van der Waals surface area contributed by atoms with Crippen LogP contribution < -0.4 is 0 Å². The molecule has 0 radical (unpaired) electrons. The predicted octanol–water partition coefficient (Wildman–Crippen LogP) is 4.54. The first kappa shape index (κ1) is 23.8. The van der Waals surface area contributed by atoms with Crippen molar-refractivity contribution in [2.75, 3.05) is 26.4 Å². The van der Waals surface area contributed by atoms with E-state index in [-0.39, 0.29) is 19.3 Å². The van der Waals surface area contributed by atoms with E-state index in [1.807, 2.05) is 5.06 Å². The zero-order chi connectivity index (χ0) is 18.0. The van der Waals surface area contributed by atoms with Gasteiger partial charge in [0.25, 0.3) is 0 Å². The summed E-state index contributed by atoms with van der Waals surface area (Å²) in [4.78, 5) is 5.83. The van der Waals surface area contributed by atoms with Gasteiger partial charge in [-0.3, -0.25) is 4.84 Å². The monoisotopic (exact) mass is 345 g/mol. The topological polar surface area (TPSA) is 52.9 Å². The third-order valence-corrected chi connectivity index (χ3v) is 4.59. The second kappa shape index (κ2) is 17.7. The number of hydroxylamine groups is 2. The molecule has 0 saturated carbocycles. The van der Waals surface area contributed by atoms with Crippen LogP contribution in [0.5, 0.6) is 0 Å². The fourth-order valence-corrected chi connectivity index (χ4v) is 3.05. The van der Waals surface area contributed by atoms with Crippen LogP contribution in [0.4, 0.5) is 0 Å². The van der Waals surface area contributed by atoms with E-state index in [0.29, 0.717) is 13.0 Å². The molecule has 146 valence electrons. The van der Waals surface area contributed by atoms with Gasteiger partial charge in [0, 0.05) is 19.2 Å². The van der Waals surface area contributed by atoms with E-state index >= 15 is 0 Å². The molecule has 0 aliphatic rings. The molecule has 0 amide bonds. The van der Waals surface area contributed by atoms with Gasteiger partial charge in [-0.15, -0.1) is 0 Å². The highest BCUT2D eigenvalue weighted by molar-refractivity contribution is 4.63. The Kier molecular flexibility index (Phi) is 17.5. The molecule has 0 aliphatic heterocycles. The maximum Gasteiger partial charge on any atom is 0.0685 e. The normalized spacial score (nSPS) is 13.1. The molecule has 0 bridgehead atoms. The highest BCUT2D eigenvalue weighted by atomic mass is 16.7. The Morgan fingerprint density at radius 2 is 1.38 bits per heavy atom. The van der Waals surface area contributed by atoms with E-state index < -0.39 is 0 Å². The number of hydrogen-bond acceptors (Lipinski definition) is 4. The van der Waals surface area contributed by atoms with Crippen LogP contribution in [0.15, 0.2) is 0 Å². The van der Waals surface area contributed by atoms with Crippen molar-refractivity contribution in [1.82, 2.24) is 5.06 Å². The lowest BCUT2D eigenvalue weighted by atomic mass is 10.0. The van der Waals surface area contributed by atoms with Crippen LogP contribution in [0.3, 0.4) is 0 Å². The Hall–Kier alpha value is -0.160. The molecule has 1 unspecified atom stereocenters. The summed E-state index contributed by atoms with van der Waals surface area (Å²) < 4.78 is 0. The lowest BCUT2D eigenvalue weighted by Gasteiger charge is -2.29. The number of aliphatic hydroxyl groups is 2. The number of aliphatic hydroxyl groups excluding tert-OH is 2. The summed E-state index contributed by atoms with van der Waals surface area (Å²) >= 11 is 0. The molecule has 0 spiro atoms. The first-order valence-corrected chi connectivity index (χ1v) is 10.3. The van der Waals surface area contributed by atoms with Gasteiger partial charge >= 0.3 is 0 Å². The quantitative estimate of drug-likeness (QED) is 0.283. The Labute approximate surface area is 150 Å². The Morgan fingerprint density at radius 1 is 0.792 bits per heavy atom. The summed E-state index contributed by atoms with van der Waals surface area (Å²) in [5, 5.41) is 20.1. The molecule has 0 aromatic rings. The van der Waals surface area contributed by atoms with Gasteiger partial charge in [-0.1, -0.05) is 72.1 Å². The predicted molar refractivity (Wildman–Crippen MR) is 102 cm³/mol. The second-order valence-electron chi connectivity index (χ2n) is 7.28. The lowest BCUT2D eigenvalue weighted by molar-refractivity contribution is -0.195. The fourth-order valence-electron chi connectivity index (χ4n) is 3.05. The first-order valence-electron chi connectivity index (χ1n) is 10.3. The Balaban J connectivity index is 3.54. The molecule has 0 aromatic carbocycles. The van der Waals surface area contributed by atoms with Crippen molar-refractivity contribution >= 4 is 0 Å². The third kappa shape index (κ3) is 14.2. The van der Waals surface area contributed by atoms with Gasteiger partial charge in [-0.25, -0.2) is 0 Å². The van der Waals surface area contributed by atoms with Crippen molar-refractivity contribution in [3.05, 3.63) is 0 Å². The van der Waals surface area contributed by atoms with Crippen LogP contribution in [0, 0.1) is 5.92 Å².